The highest BCUT2D eigenvalue weighted by Crippen LogP contribution is 2.29. The molecule has 1 N–H and O–H groups in total. The predicted octanol–water partition coefficient (Wildman–Crippen LogP) is 1.33. The summed E-state index contributed by atoms with van der Waals surface area (Å²) in [6.45, 7) is 4.70. The second-order valence-corrected chi connectivity index (χ2v) is 4.00. The van der Waals surface area contributed by atoms with E-state index in [1.165, 1.54) is 25.8 Å². The lowest BCUT2D eigenvalue weighted by Gasteiger charge is -2.26. The molecule has 1 rings (SSSR count). The van der Waals surface area contributed by atoms with Gasteiger partial charge in [-0.2, -0.15) is 0 Å². The first-order valence-electron chi connectivity index (χ1n) is 5.12. The maximum atomic E-state index is 3.25. The molecule has 2 heteroatoms. The Bertz CT molecular complexity index is 121. The van der Waals surface area contributed by atoms with Crippen LogP contribution in [0.15, 0.2) is 0 Å². The SMILES string of the molecule is CCC(CNC)N(C)CC1CC1. The molecule has 0 aliphatic heterocycles. The minimum absolute atomic E-state index is 0.732. The van der Waals surface area contributed by atoms with E-state index in [9.17, 15) is 0 Å². The van der Waals surface area contributed by atoms with E-state index >= 15 is 0 Å². The summed E-state index contributed by atoms with van der Waals surface area (Å²) in [7, 11) is 4.29. The average molecular weight is 170 g/mol. The number of nitrogens with zero attached hydrogens (tertiary/aromatic N) is 1. The molecule has 0 amide bonds. The van der Waals surface area contributed by atoms with Gasteiger partial charge in [0, 0.05) is 19.1 Å². The molecule has 1 atom stereocenters. The molecule has 0 spiro atoms. The number of rotatable bonds is 6. The van der Waals surface area contributed by atoms with E-state index in [0.717, 1.165) is 18.5 Å². The van der Waals surface area contributed by atoms with Crippen LogP contribution in [-0.4, -0.2) is 38.1 Å². The number of hydrogen-bond donors (Lipinski definition) is 1. The summed E-state index contributed by atoms with van der Waals surface area (Å²) in [6.07, 6.45) is 4.17. The van der Waals surface area contributed by atoms with E-state index in [1.807, 2.05) is 7.05 Å². The van der Waals surface area contributed by atoms with Crippen molar-refractivity contribution in [2.24, 2.45) is 5.92 Å². The van der Waals surface area contributed by atoms with Crippen LogP contribution in [0.3, 0.4) is 0 Å². The fourth-order valence-corrected chi connectivity index (χ4v) is 1.70. The smallest absolute Gasteiger partial charge is 0.0214 e. The molecular weight excluding hydrogens is 148 g/mol. The van der Waals surface area contributed by atoms with Crippen LogP contribution in [0.2, 0.25) is 0 Å². The van der Waals surface area contributed by atoms with Crippen LogP contribution in [0.4, 0.5) is 0 Å². The van der Waals surface area contributed by atoms with Gasteiger partial charge < -0.3 is 10.2 Å². The van der Waals surface area contributed by atoms with Gasteiger partial charge in [0.2, 0.25) is 0 Å². The van der Waals surface area contributed by atoms with Crippen molar-refractivity contribution in [2.45, 2.75) is 32.2 Å². The molecule has 0 aromatic rings. The van der Waals surface area contributed by atoms with Crippen molar-refractivity contribution in [1.29, 1.82) is 0 Å². The zero-order valence-corrected chi connectivity index (χ0v) is 8.64. The van der Waals surface area contributed by atoms with Crippen molar-refractivity contribution in [3.8, 4) is 0 Å². The summed E-state index contributed by atoms with van der Waals surface area (Å²) >= 11 is 0. The molecule has 0 aromatic carbocycles. The average Bonchev–Trinajstić information content (AvgIpc) is 2.83. The lowest BCUT2D eigenvalue weighted by molar-refractivity contribution is 0.224. The van der Waals surface area contributed by atoms with Crippen molar-refractivity contribution in [3.05, 3.63) is 0 Å². The highest BCUT2D eigenvalue weighted by Gasteiger charge is 2.24. The van der Waals surface area contributed by atoms with E-state index in [-0.39, 0.29) is 0 Å². The minimum Gasteiger partial charge on any atom is -0.318 e. The Kier molecular flexibility index (Phi) is 4.02. The summed E-state index contributed by atoms with van der Waals surface area (Å²) in [6, 6.07) is 0.732. The molecule has 0 aromatic heterocycles. The van der Waals surface area contributed by atoms with Gasteiger partial charge in [-0.3, -0.25) is 0 Å². The van der Waals surface area contributed by atoms with Crippen LogP contribution in [0.1, 0.15) is 26.2 Å². The van der Waals surface area contributed by atoms with Crippen LogP contribution in [-0.2, 0) is 0 Å². The molecule has 0 heterocycles. The topological polar surface area (TPSA) is 15.3 Å². The quantitative estimate of drug-likeness (QED) is 0.647. The maximum absolute atomic E-state index is 3.25. The Balaban J connectivity index is 2.19. The summed E-state index contributed by atoms with van der Waals surface area (Å²) in [5.41, 5.74) is 0. The fourth-order valence-electron chi connectivity index (χ4n) is 1.70. The van der Waals surface area contributed by atoms with Gasteiger partial charge in [0.25, 0.3) is 0 Å². The molecule has 1 aliphatic carbocycles. The van der Waals surface area contributed by atoms with Crippen LogP contribution < -0.4 is 5.32 Å². The van der Waals surface area contributed by atoms with Gasteiger partial charge in [0.15, 0.2) is 0 Å². The highest BCUT2D eigenvalue weighted by atomic mass is 15.1. The lowest BCUT2D eigenvalue weighted by Crippen LogP contribution is -2.39. The Morgan fingerprint density at radius 3 is 2.58 bits per heavy atom. The van der Waals surface area contributed by atoms with Gasteiger partial charge in [-0.05, 0) is 39.3 Å². The van der Waals surface area contributed by atoms with Crippen molar-refractivity contribution in [2.75, 3.05) is 27.2 Å². The maximum Gasteiger partial charge on any atom is 0.0214 e. The first-order valence-corrected chi connectivity index (χ1v) is 5.12. The summed E-state index contributed by atoms with van der Waals surface area (Å²) < 4.78 is 0. The van der Waals surface area contributed by atoms with Gasteiger partial charge in [-0.15, -0.1) is 0 Å². The molecule has 0 saturated heterocycles. The second-order valence-electron chi connectivity index (χ2n) is 4.00. The number of likely N-dealkylation sites (N-methyl/N-ethyl adjacent to an activating group) is 2. The van der Waals surface area contributed by atoms with E-state index < -0.39 is 0 Å². The monoisotopic (exact) mass is 170 g/mol. The van der Waals surface area contributed by atoms with Crippen LogP contribution in [0, 0.1) is 5.92 Å². The molecule has 1 saturated carbocycles. The minimum atomic E-state index is 0.732. The van der Waals surface area contributed by atoms with Crippen molar-refractivity contribution in [1.82, 2.24) is 10.2 Å². The molecule has 0 bridgehead atoms. The Morgan fingerprint density at radius 2 is 2.17 bits per heavy atom. The van der Waals surface area contributed by atoms with Crippen molar-refractivity contribution in [3.63, 3.8) is 0 Å². The van der Waals surface area contributed by atoms with E-state index in [1.54, 1.807) is 0 Å². The molecule has 1 unspecified atom stereocenters. The standard InChI is InChI=1S/C10H22N2/c1-4-10(7-11-2)12(3)8-9-5-6-9/h9-11H,4-8H2,1-3H3. The van der Waals surface area contributed by atoms with E-state index in [0.29, 0.717) is 0 Å². The largest absolute Gasteiger partial charge is 0.318 e. The molecule has 2 nitrogen and oxygen atoms in total. The molecule has 0 radical (unpaired) electrons. The van der Waals surface area contributed by atoms with Crippen LogP contribution in [0.25, 0.3) is 0 Å². The third-order valence-electron chi connectivity index (χ3n) is 2.78. The van der Waals surface area contributed by atoms with E-state index in [2.05, 4.69) is 24.2 Å². The van der Waals surface area contributed by atoms with Gasteiger partial charge in [0.05, 0.1) is 0 Å². The lowest BCUT2D eigenvalue weighted by atomic mass is 10.2. The van der Waals surface area contributed by atoms with E-state index in [4.69, 9.17) is 0 Å². The Hall–Kier alpha value is -0.0800. The third kappa shape index (κ3) is 3.11. The first kappa shape index (κ1) is 10.0. The fraction of sp³-hybridized carbons (Fsp3) is 1.00. The second kappa shape index (κ2) is 4.83. The Morgan fingerprint density at radius 1 is 1.50 bits per heavy atom. The summed E-state index contributed by atoms with van der Waals surface area (Å²) in [5, 5.41) is 3.25. The van der Waals surface area contributed by atoms with Gasteiger partial charge in [0.1, 0.15) is 0 Å². The zero-order chi connectivity index (χ0) is 8.97. The highest BCUT2D eigenvalue weighted by molar-refractivity contribution is 4.79. The third-order valence-corrected chi connectivity index (χ3v) is 2.78. The van der Waals surface area contributed by atoms with Crippen molar-refractivity contribution >= 4 is 0 Å². The normalized spacial score (nSPS) is 20.0. The number of hydrogen-bond acceptors (Lipinski definition) is 2. The molecule has 1 aliphatic rings. The first-order chi connectivity index (χ1) is 5.77. The number of nitrogens with one attached hydrogen (secondary N) is 1. The van der Waals surface area contributed by atoms with Crippen molar-refractivity contribution < 1.29 is 0 Å². The molecule has 72 valence electrons. The van der Waals surface area contributed by atoms with Crippen LogP contribution in [0.5, 0.6) is 0 Å². The van der Waals surface area contributed by atoms with Crippen LogP contribution >= 0.6 is 0 Å². The van der Waals surface area contributed by atoms with Gasteiger partial charge in [-0.25, -0.2) is 0 Å². The summed E-state index contributed by atoms with van der Waals surface area (Å²) in [4.78, 5) is 2.51. The molecule has 1 fully saturated rings. The Labute approximate surface area is 76.3 Å². The van der Waals surface area contributed by atoms with Gasteiger partial charge in [-0.1, -0.05) is 6.92 Å². The summed E-state index contributed by atoms with van der Waals surface area (Å²) in [5.74, 6) is 1.01. The predicted molar refractivity (Wildman–Crippen MR) is 53.4 cm³/mol. The molecule has 12 heavy (non-hydrogen) atoms. The zero-order valence-electron chi connectivity index (χ0n) is 8.64. The molecular formula is C10H22N2. The van der Waals surface area contributed by atoms with Gasteiger partial charge >= 0.3 is 0 Å².